The van der Waals surface area contributed by atoms with Crippen molar-refractivity contribution in [3.05, 3.63) is 35.4 Å². The molecule has 114 valence electrons. The van der Waals surface area contributed by atoms with Crippen molar-refractivity contribution in [2.45, 2.75) is 66.8 Å². The van der Waals surface area contributed by atoms with E-state index in [1.807, 2.05) is 0 Å². The number of aryl methyl sites for hydroxylation is 1. The lowest BCUT2D eigenvalue weighted by Crippen LogP contribution is -2.35. The van der Waals surface area contributed by atoms with Crippen LogP contribution in [0.25, 0.3) is 0 Å². The van der Waals surface area contributed by atoms with Crippen LogP contribution >= 0.6 is 0 Å². The molecule has 0 aromatic heterocycles. The van der Waals surface area contributed by atoms with Crippen molar-refractivity contribution in [3.8, 4) is 0 Å². The molecule has 0 saturated carbocycles. The van der Waals surface area contributed by atoms with Crippen molar-refractivity contribution in [3.63, 3.8) is 0 Å². The van der Waals surface area contributed by atoms with Crippen LogP contribution in [0.3, 0.4) is 0 Å². The zero-order valence-corrected chi connectivity index (χ0v) is 14.3. The number of nitrogens with one attached hydrogen (secondary N) is 1. The first-order valence-corrected chi connectivity index (χ1v) is 8.18. The summed E-state index contributed by atoms with van der Waals surface area (Å²) in [5.74, 6) is 0.724. The molecule has 0 fully saturated rings. The van der Waals surface area contributed by atoms with Gasteiger partial charge in [-0.25, -0.2) is 0 Å². The molecular formula is C19H33N. The minimum absolute atomic E-state index is 0.389. The van der Waals surface area contributed by atoms with E-state index < -0.39 is 0 Å². The molecule has 0 aliphatic carbocycles. The predicted molar refractivity (Wildman–Crippen MR) is 90.2 cm³/mol. The van der Waals surface area contributed by atoms with Gasteiger partial charge in [0.25, 0.3) is 0 Å². The van der Waals surface area contributed by atoms with Crippen LogP contribution in [0.2, 0.25) is 0 Å². The van der Waals surface area contributed by atoms with Gasteiger partial charge in [-0.3, -0.25) is 0 Å². The predicted octanol–water partition coefficient (Wildman–Crippen LogP) is 4.84. The summed E-state index contributed by atoms with van der Waals surface area (Å²) in [6.45, 7) is 14.9. The zero-order valence-electron chi connectivity index (χ0n) is 14.3. The summed E-state index contributed by atoms with van der Waals surface area (Å²) in [5.41, 5.74) is 3.27. The lowest BCUT2D eigenvalue weighted by Gasteiger charge is -2.31. The fraction of sp³-hybridized carbons (Fsp3) is 0.684. The maximum atomic E-state index is 3.66. The van der Waals surface area contributed by atoms with Gasteiger partial charge in [-0.05, 0) is 48.3 Å². The maximum absolute atomic E-state index is 3.66. The van der Waals surface area contributed by atoms with Gasteiger partial charge in [0.1, 0.15) is 0 Å². The number of hydrogen-bond donors (Lipinski definition) is 1. The molecule has 0 amide bonds. The Morgan fingerprint density at radius 2 is 1.55 bits per heavy atom. The Bertz CT molecular complexity index is 372. The number of benzene rings is 1. The van der Waals surface area contributed by atoms with E-state index in [4.69, 9.17) is 0 Å². The molecule has 1 aromatic carbocycles. The van der Waals surface area contributed by atoms with Crippen molar-refractivity contribution in [1.29, 1.82) is 0 Å². The normalized spacial score (nSPS) is 15.1. The monoisotopic (exact) mass is 275 g/mol. The fourth-order valence-electron chi connectivity index (χ4n) is 2.50. The molecule has 20 heavy (non-hydrogen) atoms. The summed E-state index contributed by atoms with van der Waals surface area (Å²) >= 11 is 0. The first-order valence-electron chi connectivity index (χ1n) is 8.18. The second-order valence-electron chi connectivity index (χ2n) is 7.13. The van der Waals surface area contributed by atoms with Crippen molar-refractivity contribution >= 4 is 0 Å². The van der Waals surface area contributed by atoms with Crippen LogP contribution in [0.5, 0.6) is 0 Å². The largest absolute Gasteiger partial charge is 0.314 e. The quantitative estimate of drug-likeness (QED) is 0.750. The summed E-state index contributed by atoms with van der Waals surface area (Å²) in [6.07, 6.45) is 3.50. The standard InChI is InChI=1S/C19H33N/c1-7-16-9-11-17(12-10-16)14-18(20-8-2)13-15(3)19(4,5)6/h9-12,15,18,20H,7-8,13-14H2,1-6H3. The summed E-state index contributed by atoms with van der Waals surface area (Å²) in [7, 11) is 0. The highest BCUT2D eigenvalue weighted by Crippen LogP contribution is 2.29. The molecular weight excluding hydrogens is 242 g/mol. The third-order valence-electron chi connectivity index (χ3n) is 4.52. The van der Waals surface area contributed by atoms with Crippen molar-refractivity contribution in [2.24, 2.45) is 11.3 Å². The minimum Gasteiger partial charge on any atom is -0.314 e. The lowest BCUT2D eigenvalue weighted by molar-refractivity contribution is 0.222. The van der Waals surface area contributed by atoms with Crippen LogP contribution in [0.4, 0.5) is 0 Å². The summed E-state index contributed by atoms with van der Waals surface area (Å²) in [4.78, 5) is 0. The third kappa shape index (κ3) is 5.66. The highest BCUT2D eigenvalue weighted by atomic mass is 14.9. The minimum atomic E-state index is 0.389. The third-order valence-corrected chi connectivity index (χ3v) is 4.52. The average molecular weight is 275 g/mol. The highest BCUT2D eigenvalue weighted by molar-refractivity contribution is 5.23. The molecule has 2 unspecified atom stereocenters. The van der Waals surface area contributed by atoms with Crippen LogP contribution in [0, 0.1) is 11.3 Å². The Balaban J connectivity index is 2.66. The van der Waals surface area contributed by atoms with Crippen LogP contribution in [-0.4, -0.2) is 12.6 Å². The molecule has 0 radical (unpaired) electrons. The Morgan fingerprint density at radius 3 is 2.00 bits per heavy atom. The van der Waals surface area contributed by atoms with Gasteiger partial charge in [-0.15, -0.1) is 0 Å². The van der Waals surface area contributed by atoms with Gasteiger partial charge in [0.05, 0.1) is 0 Å². The lowest BCUT2D eigenvalue weighted by atomic mass is 9.78. The molecule has 0 aliphatic rings. The first kappa shape index (κ1) is 17.2. The Hall–Kier alpha value is -0.820. The molecule has 1 aromatic rings. The van der Waals surface area contributed by atoms with Crippen LogP contribution in [0.15, 0.2) is 24.3 Å². The fourth-order valence-corrected chi connectivity index (χ4v) is 2.50. The number of likely N-dealkylation sites (N-methyl/N-ethyl adjacent to an activating group) is 1. The molecule has 0 spiro atoms. The molecule has 2 atom stereocenters. The van der Waals surface area contributed by atoms with Crippen molar-refractivity contribution in [1.82, 2.24) is 5.32 Å². The van der Waals surface area contributed by atoms with E-state index in [0.29, 0.717) is 11.5 Å². The van der Waals surface area contributed by atoms with Gasteiger partial charge in [0.2, 0.25) is 0 Å². The first-order chi connectivity index (χ1) is 9.36. The van der Waals surface area contributed by atoms with E-state index in [1.54, 1.807) is 0 Å². The molecule has 0 aliphatic heterocycles. The summed E-state index contributed by atoms with van der Waals surface area (Å²) in [5, 5.41) is 3.66. The SMILES string of the molecule is CCNC(Cc1ccc(CC)cc1)CC(C)C(C)(C)C. The van der Waals surface area contributed by atoms with E-state index in [9.17, 15) is 0 Å². The van der Waals surface area contributed by atoms with E-state index in [0.717, 1.165) is 25.3 Å². The number of hydrogen-bond acceptors (Lipinski definition) is 1. The van der Waals surface area contributed by atoms with E-state index in [-0.39, 0.29) is 0 Å². The van der Waals surface area contributed by atoms with Gasteiger partial charge < -0.3 is 5.32 Å². The van der Waals surface area contributed by atoms with Crippen molar-refractivity contribution in [2.75, 3.05) is 6.54 Å². The molecule has 1 nitrogen and oxygen atoms in total. The average Bonchev–Trinajstić information content (AvgIpc) is 2.38. The van der Waals surface area contributed by atoms with Gasteiger partial charge in [-0.1, -0.05) is 65.8 Å². The molecule has 0 bridgehead atoms. The van der Waals surface area contributed by atoms with E-state index >= 15 is 0 Å². The van der Waals surface area contributed by atoms with Crippen LogP contribution in [0.1, 0.15) is 59.1 Å². The number of rotatable bonds is 7. The molecule has 0 heterocycles. The Labute approximate surface area is 126 Å². The van der Waals surface area contributed by atoms with E-state index in [2.05, 4.69) is 71.1 Å². The second-order valence-corrected chi connectivity index (χ2v) is 7.13. The Morgan fingerprint density at radius 1 is 1.00 bits per heavy atom. The smallest absolute Gasteiger partial charge is 0.0110 e. The molecule has 1 N–H and O–H groups in total. The molecule has 0 saturated heterocycles. The van der Waals surface area contributed by atoms with Gasteiger partial charge in [0, 0.05) is 6.04 Å². The highest BCUT2D eigenvalue weighted by Gasteiger charge is 2.23. The topological polar surface area (TPSA) is 12.0 Å². The van der Waals surface area contributed by atoms with Crippen LogP contribution < -0.4 is 5.32 Å². The Kier molecular flexibility index (Phi) is 6.75. The maximum Gasteiger partial charge on any atom is 0.0110 e. The summed E-state index contributed by atoms with van der Waals surface area (Å²) < 4.78 is 0. The van der Waals surface area contributed by atoms with Crippen molar-refractivity contribution < 1.29 is 0 Å². The second kappa shape index (κ2) is 7.83. The summed E-state index contributed by atoms with van der Waals surface area (Å²) in [6, 6.07) is 9.72. The molecule has 1 heteroatoms. The zero-order chi connectivity index (χ0) is 15.2. The van der Waals surface area contributed by atoms with Gasteiger partial charge in [0.15, 0.2) is 0 Å². The van der Waals surface area contributed by atoms with Gasteiger partial charge in [-0.2, -0.15) is 0 Å². The van der Waals surface area contributed by atoms with Crippen LogP contribution in [-0.2, 0) is 12.8 Å². The molecule has 1 rings (SSSR count). The van der Waals surface area contributed by atoms with Gasteiger partial charge >= 0.3 is 0 Å². The van der Waals surface area contributed by atoms with E-state index in [1.165, 1.54) is 17.5 Å².